The van der Waals surface area contributed by atoms with Crippen LogP contribution in [0.1, 0.15) is 11.1 Å². The highest BCUT2D eigenvalue weighted by Gasteiger charge is 2.12. The molecule has 0 radical (unpaired) electrons. The summed E-state index contributed by atoms with van der Waals surface area (Å²) in [7, 11) is 1.58. The summed E-state index contributed by atoms with van der Waals surface area (Å²) in [6.45, 7) is 0. The second-order valence-electron chi connectivity index (χ2n) is 4.20. The van der Waals surface area contributed by atoms with Crippen LogP contribution in [0.3, 0.4) is 0 Å². The lowest BCUT2D eigenvalue weighted by atomic mass is 10.0. The maximum Gasteiger partial charge on any atom is 0.152 e. The third kappa shape index (κ3) is 3.59. The molecule has 2 nitrogen and oxygen atoms in total. The van der Waals surface area contributed by atoms with Gasteiger partial charge in [-0.25, -0.2) is 0 Å². The van der Waals surface area contributed by atoms with Gasteiger partial charge in [-0.15, -0.1) is 0 Å². The second kappa shape index (κ2) is 6.99. The first-order valence-electron chi connectivity index (χ1n) is 6.01. The molecule has 0 fully saturated rings. The number of rotatable bonds is 4. The molecule has 0 unspecified atom stereocenters. The zero-order valence-electron chi connectivity index (χ0n) is 11.1. The molecule has 0 bridgehead atoms. The highest BCUT2D eigenvalue weighted by atomic mass is 35.5. The molecule has 0 atom stereocenters. The molecule has 0 amide bonds. The zero-order valence-corrected chi connectivity index (χ0v) is 13.3. The molecule has 0 saturated heterocycles. The van der Waals surface area contributed by atoms with Crippen molar-refractivity contribution in [2.75, 3.05) is 7.11 Å². The normalized spacial score (nSPS) is 11.8. The van der Waals surface area contributed by atoms with E-state index in [4.69, 9.17) is 39.5 Å². The van der Waals surface area contributed by atoms with E-state index in [2.05, 4.69) is 0 Å². The van der Waals surface area contributed by atoms with Gasteiger partial charge in [-0.2, -0.15) is 0 Å². The largest absolute Gasteiger partial charge is 0.497 e. The fourth-order valence-electron chi connectivity index (χ4n) is 1.83. The van der Waals surface area contributed by atoms with Crippen LogP contribution in [0.2, 0.25) is 10.0 Å². The van der Waals surface area contributed by atoms with E-state index >= 15 is 0 Å². The summed E-state index contributed by atoms with van der Waals surface area (Å²) in [6, 6.07) is 12.0. The Balaban J connectivity index is 2.52. The van der Waals surface area contributed by atoms with E-state index in [1.54, 1.807) is 49.6 Å². The second-order valence-corrected chi connectivity index (χ2v) is 5.42. The van der Waals surface area contributed by atoms with Gasteiger partial charge in [0.05, 0.1) is 17.2 Å². The summed E-state index contributed by atoms with van der Waals surface area (Å²) in [5.41, 5.74) is 1.59. The van der Waals surface area contributed by atoms with Crippen molar-refractivity contribution in [3.63, 3.8) is 0 Å². The molecule has 0 aliphatic heterocycles. The summed E-state index contributed by atoms with van der Waals surface area (Å²) in [5, 5.41) is 1.17. The fraction of sp³-hybridized carbons (Fsp3) is 0.0625. The van der Waals surface area contributed by atoms with Gasteiger partial charge in [-0.05, 0) is 29.8 Å². The van der Waals surface area contributed by atoms with Gasteiger partial charge in [0, 0.05) is 16.2 Å². The van der Waals surface area contributed by atoms with Gasteiger partial charge in [0.25, 0.3) is 0 Å². The van der Waals surface area contributed by atoms with E-state index in [9.17, 15) is 4.79 Å². The van der Waals surface area contributed by atoms with Crippen molar-refractivity contribution in [3.8, 4) is 5.75 Å². The Hall–Kier alpha value is -1.48. The summed E-state index contributed by atoms with van der Waals surface area (Å²) in [6.07, 6.45) is 0.703. The van der Waals surface area contributed by atoms with Crippen molar-refractivity contribution in [2.45, 2.75) is 0 Å². The molecule has 2 rings (SSSR count). The molecular formula is C16H11Cl3O2. The quantitative estimate of drug-likeness (QED) is 0.428. The molecule has 0 spiro atoms. The fourth-order valence-corrected chi connectivity index (χ4v) is 2.70. The highest BCUT2D eigenvalue weighted by molar-refractivity contribution is 6.57. The number of benzene rings is 2. The van der Waals surface area contributed by atoms with E-state index in [1.165, 1.54) is 0 Å². The predicted octanol–water partition coefficient (Wildman–Crippen LogP) is 5.31. The Bertz CT molecular complexity index is 691. The van der Waals surface area contributed by atoms with Crippen molar-refractivity contribution < 1.29 is 9.53 Å². The Morgan fingerprint density at radius 1 is 1.10 bits per heavy atom. The van der Waals surface area contributed by atoms with Crippen molar-refractivity contribution in [3.05, 3.63) is 63.6 Å². The number of allylic oxidation sites excluding steroid dienone is 1. The van der Waals surface area contributed by atoms with Crippen LogP contribution >= 0.6 is 34.8 Å². The monoisotopic (exact) mass is 340 g/mol. The Morgan fingerprint density at radius 2 is 1.76 bits per heavy atom. The molecule has 0 saturated carbocycles. The first kappa shape index (κ1) is 15.9. The van der Waals surface area contributed by atoms with Crippen LogP contribution < -0.4 is 4.74 Å². The van der Waals surface area contributed by atoms with Crippen LogP contribution in [-0.2, 0) is 4.79 Å². The van der Waals surface area contributed by atoms with Crippen molar-refractivity contribution in [1.29, 1.82) is 0 Å². The SMILES string of the molecule is COc1ccc(/C(C=O)=C(\Cl)c2ccc(Cl)cc2Cl)cc1. The molecule has 2 aromatic carbocycles. The van der Waals surface area contributed by atoms with Crippen LogP contribution in [0.15, 0.2) is 42.5 Å². The van der Waals surface area contributed by atoms with Crippen LogP contribution in [0.5, 0.6) is 5.75 Å². The third-order valence-corrected chi connectivity index (χ3v) is 3.88. The molecule has 0 aliphatic rings. The lowest BCUT2D eigenvalue weighted by Gasteiger charge is -2.08. The minimum Gasteiger partial charge on any atom is -0.497 e. The van der Waals surface area contributed by atoms with Gasteiger partial charge in [-0.3, -0.25) is 4.79 Å². The number of hydrogen-bond acceptors (Lipinski definition) is 2. The van der Waals surface area contributed by atoms with Gasteiger partial charge in [-0.1, -0.05) is 53.0 Å². The number of ether oxygens (including phenoxy) is 1. The van der Waals surface area contributed by atoms with Gasteiger partial charge in [0.1, 0.15) is 5.75 Å². The number of aldehydes is 1. The van der Waals surface area contributed by atoms with Gasteiger partial charge in [0.15, 0.2) is 6.29 Å². The number of hydrogen-bond donors (Lipinski definition) is 0. The van der Waals surface area contributed by atoms with Crippen molar-refractivity contribution >= 4 is 51.7 Å². The first-order chi connectivity index (χ1) is 10.1. The molecule has 0 N–H and O–H groups in total. The maximum atomic E-state index is 11.4. The summed E-state index contributed by atoms with van der Waals surface area (Å²) in [5.74, 6) is 0.699. The van der Waals surface area contributed by atoms with Crippen LogP contribution in [-0.4, -0.2) is 13.4 Å². The lowest BCUT2D eigenvalue weighted by molar-refractivity contribution is -0.103. The smallest absolute Gasteiger partial charge is 0.152 e. The van der Waals surface area contributed by atoms with Gasteiger partial charge < -0.3 is 4.74 Å². The standard InChI is InChI=1S/C16H11Cl3O2/c1-21-12-5-2-10(3-6-12)14(9-20)16(19)13-7-4-11(17)8-15(13)18/h2-9H,1H3/b16-14-. The molecule has 21 heavy (non-hydrogen) atoms. The maximum absolute atomic E-state index is 11.4. The molecule has 0 heterocycles. The Kier molecular flexibility index (Phi) is 5.29. The van der Waals surface area contributed by atoms with E-state index in [-0.39, 0.29) is 5.03 Å². The van der Waals surface area contributed by atoms with Crippen LogP contribution in [0.4, 0.5) is 0 Å². The third-order valence-electron chi connectivity index (χ3n) is 2.92. The number of methoxy groups -OCH3 is 1. The average Bonchev–Trinajstić information content (AvgIpc) is 2.48. The molecule has 0 aromatic heterocycles. The van der Waals surface area contributed by atoms with Crippen LogP contribution in [0, 0.1) is 0 Å². The van der Waals surface area contributed by atoms with E-state index in [0.717, 1.165) is 0 Å². The predicted molar refractivity (Wildman–Crippen MR) is 88.2 cm³/mol. The topological polar surface area (TPSA) is 26.3 Å². The van der Waals surface area contributed by atoms with Crippen molar-refractivity contribution in [1.82, 2.24) is 0 Å². The summed E-state index contributed by atoms with van der Waals surface area (Å²) in [4.78, 5) is 11.4. The van der Waals surface area contributed by atoms with Gasteiger partial charge >= 0.3 is 0 Å². The van der Waals surface area contributed by atoms with Crippen LogP contribution in [0.25, 0.3) is 10.6 Å². The highest BCUT2D eigenvalue weighted by Crippen LogP contribution is 2.34. The molecule has 2 aromatic rings. The van der Waals surface area contributed by atoms with Gasteiger partial charge in [0.2, 0.25) is 0 Å². The average molecular weight is 342 g/mol. The number of carbonyl (C=O) groups is 1. The minimum atomic E-state index is 0.275. The molecule has 108 valence electrons. The molecular weight excluding hydrogens is 331 g/mol. The summed E-state index contributed by atoms with van der Waals surface area (Å²) >= 11 is 18.3. The zero-order chi connectivity index (χ0) is 15.4. The number of carbonyl (C=O) groups excluding carboxylic acids is 1. The van der Waals surface area contributed by atoms with E-state index in [0.29, 0.717) is 38.8 Å². The van der Waals surface area contributed by atoms with E-state index in [1.807, 2.05) is 0 Å². The first-order valence-corrected chi connectivity index (χ1v) is 7.15. The number of halogens is 3. The Labute approximate surface area is 137 Å². The summed E-state index contributed by atoms with van der Waals surface area (Å²) < 4.78 is 5.09. The van der Waals surface area contributed by atoms with E-state index < -0.39 is 0 Å². The van der Waals surface area contributed by atoms with Crippen molar-refractivity contribution in [2.24, 2.45) is 0 Å². The molecule has 0 aliphatic carbocycles. The molecule has 5 heteroatoms. The minimum absolute atomic E-state index is 0.275. The lowest BCUT2D eigenvalue weighted by Crippen LogP contribution is -1.91. The Morgan fingerprint density at radius 3 is 2.29 bits per heavy atom.